The molecule has 1 aromatic carbocycles. The summed E-state index contributed by atoms with van der Waals surface area (Å²) in [5.74, 6) is 0.956. The highest BCUT2D eigenvalue weighted by Crippen LogP contribution is 2.23. The quantitative estimate of drug-likeness (QED) is 0.678. The standard InChI is InChI=1S/C14H21OSi/c1-5-7-8-12-9-10-13(6-2)14(11-12)15-16(3)4/h2,6,9-11,16H,5,7-8H2,1,3-4H3. The highest BCUT2D eigenvalue weighted by Gasteiger charge is 2.05. The molecule has 1 rings (SSSR count). The molecule has 0 unspecified atom stereocenters. The van der Waals surface area contributed by atoms with Crippen molar-refractivity contribution >= 4 is 15.1 Å². The highest BCUT2D eigenvalue weighted by atomic mass is 28.3. The van der Waals surface area contributed by atoms with Gasteiger partial charge in [0.1, 0.15) is 5.75 Å². The Balaban J connectivity index is 2.87. The third-order valence-corrected chi connectivity index (χ3v) is 3.16. The highest BCUT2D eigenvalue weighted by molar-refractivity contribution is 6.49. The van der Waals surface area contributed by atoms with E-state index in [1.807, 2.05) is 0 Å². The Morgan fingerprint density at radius 1 is 1.38 bits per heavy atom. The van der Waals surface area contributed by atoms with Crippen LogP contribution in [-0.4, -0.2) is 9.04 Å². The van der Waals surface area contributed by atoms with Crippen LogP contribution in [0, 0.1) is 6.58 Å². The van der Waals surface area contributed by atoms with E-state index in [9.17, 15) is 0 Å². The lowest BCUT2D eigenvalue weighted by atomic mass is 10.1. The molecule has 0 aliphatic rings. The molecule has 16 heavy (non-hydrogen) atoms. The van der Waals surface area contributed by atoms with E-state index in [1.165, 1.54) is 18.4 Å². The number of aryl methyl sites for hydroxylation is 1. The molecule has 0 amide bonds. The molecule has 0 N–H and O–H groups in total. The van der Waals surface area contributed by atoms with Crippen molar-refractivity contribution in [3.8, 4) is 5.75 Å². The second kappa shape index (κ2) is 6.54. The Hall–Kier alpha value is -1.02. The molecule has 0 fully saturated rings. The van der Waals surface area contributed by atoms with Crippen LogP contribution >= 0.6 is 0 Å². The van der Waals surface area contributed by atoms with Crippen LogP contribution in [0.1, 0.15) is 30.9 Å². The van der Waals surface area contributed by atoms with Crippen molar-refractivity contribution < 1.29 is 4.43 Å². The number of unbranched alkanes of at least 4 members (excludes halogenated alkanes) is 1. The van der Waals surface area contributed by atoms with Crippen LogP contribution in [0.3, 0.4) is 0 Å². The van der Waals surface area contributed by atoms with E-state index in [0.717, 1.165) is 17.7 Å². The second-order valence-electron chi connectivity index (χ2n) is 4.31. The van der Waals surface area contributed by atoms with Crippen LogP contribution < -0.4 is 4.43 Å². The van der Waals surface area contributed by atoms with Crippen LogP contribution in [-0.2, 0) is 6.42 Å². The molecular weight excluding hydrogens is 212 g/mol. The molecular formula is C14H21OSi. The Kier molecular flexibility index (Phi) is 5.33. The smallest absolute Gasteiger partial charge is 0.229 e. The first-order valence-corrected chi connectivity index (χ1v) is 8.80. The summed E-state index contributed by atoms with van der Waals surface area (Å²) in [5.41, 5.74) is 2.35. The van der Waals surface area contributed by atoms with Gasteiger partial charge in [0.2, 0.25) is 9.04 Å². The largest absolute Gasteiger partial charge is 0.547 e. The minimum absolute atomic E-state index is 0.956. The second-order valence-corrected chi connectivity index (χ2v) is 6.64. The summed E-state index contributed by atoms with van der Waals surface area (Å²) in [6, 6.07) is 6.33. The zero-order chi connectivity index (χ0) is 12.0. The maximum atomic E-state index is 5.88. The van der Waals surface area contributed by atoms with Crippen molar-refractivity contribution in [2.24, 2.45) is 0 Å². The van der Waals surface area contributed by atoms with Crippen LogP contribution in [0.25, 0.3) is 6.08 Å². The van der Waals surface area contributed by atoms with E-state index in [2.05, 4.69) is 38.2 Å². The van der Waals surface area contributed by atoms with Gasteiger partial charge >= 0.3 is 0 Å². The molecule has 87 valence electrons. The average Bonchev–Trinajstić information content (AvgIpc) is 2.26. The lowest BCUT2D eigenvalue weighted by Crippen LogP contribution is -2.12. The molecule has 0 heterocycles. The zero-order valence-corrected chi connectivity index (χ0v) is 11.6. The molecule has 0 atom stereocenters. The fourth-order valence-electron chi connectivity index (χ4n) is 1.61. The number of hydrogen-bond acceptors (Lipinski definition) is 1. The van der Waals surface area contributed by atoms with Gasteiger partial charge in [0, 0.05) is 5.56 Å². The molecule has 0 aliphatic heterocycles. The van der Waals surface area contributed by atoms with Gasteiger partial charge in [-0.15, -0.1) is 0 Å². The Morgan fingerprint density at radius 2 is 2.12 bits per heavy atom. The normalized spacial score (nSPS) is 10.5. The molecule has 1 aromatic rings. The Bertz CT molecular complexity index is 345. The summed E-state index contributed by atoms with van der Waals surface area (Å²) < 4.78 is 5.88. The van der Waals surface area contributed by atoms with Gasteiger partial charge in [-0.2, -0.15) is 0 Å². The van der Waals surface area contributed by atoms with Gasteiger partial charge in [0.15, 0.2) is 0 Å². The van der Waals surface area contributed by atoms with Crippen molar-refractivity contribution in [2.45, 2.75) is 39.3 Å². The topological polar surface area (TPSA) is 9.23 Å². The minimum atomic E-state index is -1.06. The first-order chi connectivity index (χ1) is 7.67. The van der Waals surface area contributed by atoms with E-state index in [1.54, 1.807) is 6.08 Å². The van der Waals surface area contributed by atoms with Gasteiger partial charge in [-0.1, -0.05) is 38.1 Å². The summed E-state index contributed by atoms with van der Waals surface area (Å²) in [6.07, 6.45) is 5.19. The lowest BCUT2D eigenvalue weighted by Gasteiger charge is -2.13. The minimum Gasteiger partial charge on any atom is -0.547 e. The van der Waals surface area contributed by atoms with Crippen LogP contribution in [0.2, 0.25) is 13.1 Å². The summed E-state index contributed by atoms with van der Waals surface area (Å²) in [5, 5.41) is 0. The van der Waals surface area contributed by atoms with Gasteiger partial charge in [-0.3, -0.25) is 0 Å². The van der Waals surface area contributed by atoms with Crippen LogP contribution in [0.15, 0.2) is 18.2 Å². The molecule has 0 aliphatic carbocycles. The van der Waals surface area contributed by atoms with Crippen molar-refractivity contribution in [1.82, 2.24) is 0 Å². The summed E-state index contributed by atoms with van der Waals surface area (Å²) in [7, 11) is -1.06. The van der Waals surface area contributed by atoms with E-state index in [4.69, 9.17) is 11.0 Å². The summed E-state index contributed by atoms with van der Waals surface area (Å²) in [4.78, 5) is 0. The first kappa shape index (κ1) is 13.0. The maximum absolute atomic E-state index is 5.88. The zero-order valence-electron chi connectivity index (χ0n) is 10.5. The third-order valence-electron chi connectivity index (χ3n) is 2.44. The van der Waals surface area contributed by atoms with Gasteiger partial charge in [0.05, 0.1) is 0 Å². The summed E-state index contributed by atoms with van der Waals surface area (Å²) >= 11 is 0. The van der Waals surface area contributed by atoms with Gasteiger partial charge < -0.3 is 4.43 Å². The SMILES string of the molecule is [CH]=Cc1ccc(CCCC)cc1O[SiH](C)C. The number of benzene rings is 1. The lowest BCUT2D eigenvalue weighted by molar-refractivity contribution is 0.577. The monoisotopic (exact) mass is 233 g/mol. The van der Waals surface area contributed by atoms with E-state index in [-0.39, 0.29) is 0 Å². The maximum Gasteiger partial charge on any atom is 0.229 e. The fraction of sp³-hybridized carbons (Fsp3) is 0.429. The molecule has 0 aromatic heterocycles. The predicted molar refractivity (Wildman–Crippen MR) is 73.3 cm³/mol. The van der Waals surface area contributed by atoms with Crippen molar-refractivity contribution in [3.05, 3.63) is 35.9 Å². The molecule has 2 heteroatoms. The van der Waals surface area contributed by atoms with Gasteiger partial charge in [0.25, 0.3) is 0 Å². The molecule has 1 radical (unpaired) electrons. The van der Waals surface area contributed by atoms with Crippen molar-refractivity contribution in [3.63, 3.8) is 0 Å². The van der Waals surface area contributed by atoms with Crippen molar-refractivity contribution in [2.75, 3.05) is 0 Å². The fourth-order valence-corrected chi connectivity index (χ4v) is 2.32. The molecule has 1 nitrogen and oxygen atoms in total. The predicted octanol–water partition coefficient (Wildman–Crippen LogP) is 3.84. The van der Waals surface area contributed by atoms with E-state index < -0.39 is 9.04 Å². The molecule has 0 bridgehead atoms. The Labute approximate surface area is 101 Å². The third kappa shape index (κ3) is 3.85. The van der Waals surface area contributed by atoms with Gasteiger partial charge in [-0.05, 0) is 37.6 Å². The number of rotatable bonds is 6. The van der Waals surface area contributed by atoms with E-state index >= 15 is 0 Å². The molecule has 0 spiro atoms. The molecule has 0 saturated heterocycles. The Morgan fingerprint density at radius 3 is 2.69 bits per heavy atom. The molecule has 0 saturated carbocycles. The first-order valence-electron chi connectivity index (χ1n) is 6.02. The van der Waals surface area contributed by atoms with Gasteiger partial charge in [-0.25, -0.2) is 0 Å². The average molecular weight is 233 g/mol. The van der Waals surface area contributed by atoms with Crippen molar-refractivity contribution in [1.29, 1.82) is 0 Å². The van der Waals surface area contributed by atoms with Crippen LogP contribution in [0.5, 0.6) is 5.75 Å². The summed E-state index contributed by atoms with van der Waals surface area (Å²) in [6.45, 7) is 12.1. The number of hydrogen-bond donors (Lipinski definition) is 0. The van der Waals surface area contributed by atoms with Crippen LogP contribution in [0.4, 0.5) is 0 Å². The van der Waals surface area contributed by atoms with E-state index in [0.29, 0.717) is 0 Å².